The van der Waals surface area contributed by atoms with E-state index in [1.807, 2.05) is 0 Å². The summed E-state index contributed by atoms with van der Waals surface area (Å²) in [6.07, 6.45) is -4.33. The molecule has 12 heteroatoms. The van der Waals surface area contributed by atoms with E-state index in [1.54, 1.807) is 0 Å². The first kappa shape index (κ1) is 48.1. The molecule has 0 spiro atoms. The molecular formula is C42H60O12. The molecular weight excluding hydrogens is 696 g/mol. The fourth-order valence-electron chi connectivity index (χ4n) is 6.05. The van der Waals surface area contributed by atoms with Gasteiger partial charge in [-0.1, -0.05) is 0 Å². The van der Waals surface area contributed by atoms with Crippen LogP contribution in [0.2, 0.25) is 0 Å². The van der Waals surface area contributed by atoms with Gasteiger partial charge in [0, 0.05) is 77.0 Å². The molecule has 0 aromatic rings. The van der Waals surface area contributed by atoms with E-state index in [0.29, 0.717) is 0 Å². The Morgan fingerprint density at radius 2 is 0.241 bits per heavy atom. The van der Waals surface area contributed by atoms with Crippen LogP contribution in [0, 0.1) is 32.5 Å². The lowest BCUT2D eigenvalue weighted by Crippen LogP contribution is -2.39. The molecule has 1 aliphatic rings. The normalized spacial score (nSPS) is 25.1. The maximum Gasteiger partial charge on any atom is 0.146 e. The molecule has 0 N–H and O–H groups in total. The van der Waals surface area contributed by atoms with Gasteiger partial charge < -0.3 is 0 Å². The summed E-state index contributed by atoms with van der Waals surface area (Å²) in [6, 6.07) is 0. The van der Waals surface area contributed by atoms with Crippen LogP contribution in [0.1, 0.15) is 160 Å². The highest BCUT2D eigenvalue weighted by atomic mass is 16.2. The van der Waals surface area contributed by atoms with Crippen LogP contribution in [-0.4, -0.2) is 69.4 Å². The van der Waals surface area contributed by atoms with Crippen molar-refractivity contribution in [2.75, 3.05) is 0 Å². The van der Waals surface area contributed by atoms with Crippen molar-refractivity contribution >= 4 is 69.4 Å². The summed E-state index contributed by atoms with van der Waals surface area (Å²) in [5.74, 6) is -6.96. The second-order valence-corrected chi connectivity index (χ2v) is 17.8. The average Bonchev–Trinajstić information content (AvgIpc) is 3.09. The van der Waals surface area contributed by atoms with E-state index in [0.717, 1.165) is 0 Å². The average molecular weight is 757 g/mol. The van der Waals surface area contributed by atoms with Crippen LogP contribution < -0.4 is 0 Å². The third-order valence-corrected chi connectivity index (χ3v) is 11.8. The molecule has 0 bridgehead atoms. The van der Waals surface area contributed by atoms with E-state index < -0.39 is 102 Å². The predicted molar refractivity (Wildman–Crippen MR) is 198 cm³/mol. The highest BCUT2D eigenvalue weighted by Crippen LogP contribution is 2.33. The van der Waals surface area contributed by atoms with Gasteiger partial charge in [-0.25, -0.2) is 0 Å². The fraction of sp³-hybridized carbons (Fsp3) is 0.714. The van der Waals surface area contributed by atoms with Gasteiger partial charge in [0.1, 0.15) is 69.4 Å². The Balaban J connectivity index is 3.38. The molecule has 1 saturated carbocycles. The topological polar surface area (TPSA) is 205 Å². The van der Waals surface area contributed by atoms with Crippen LogP contribution in [0.3, 0.4) is 0 Å². The summed E-state index contributed by atoms with van der Waals surface area (Å²) in [4.78, 5) is 158. The van der Waals surface area contributed by atoms with Crippen molar-refractivity contribution in [2.24, 2.45) is 32.5 Å². The quantitative estimate of drug-likeness (QED) is 0.274. The molecule has 0 atom stereocenters. The van der Waals surface area contributed by atoms with Crippen molar-refractivity contribution in [2.45, 2.75) is 160 Å². The monoisotopic (exact) mass is 756 g/mol. The smallest absolute Gasteiger partial charge is 0.146 e. The van der Waals surface area contributed by atoms with E-state index in [4.69, 9.17) is 0 Å². The van der Waals surface area contributed by atoms with Crippen LogP contribution in [0.4, 0.5) is 0 Å². The number of hydrogen-bond acceptors (Lipinski definition) is 12. The lowest BCUT2D eigenvalue weighted by molar-refractivity contribution is -0.145. The maximum absolute atomic E-state index is 13.1. The first-order valence-electron chi connectivity index (χ1n) is 18.7. The molecule has 1 fully saturated rings. The van der Waals surface area contributed by atoms with Crippen LogP contribution in [-0.2, 0) is 57.5 Å². The maximum atomic E-state index is 13.1. The van der Waals surface area contributed by atoms with E-state index in [2.05, 4.69) is 0 Å². The minimum Gasteiger partial charge on any atom is -0.299 e. The number of Topliss-reactive ketones (excluding diaryl/α,β-unsaturated/α-hetero) is 12. The van der Waals surface area contributed by atoms with Gasteiger partial charge in [0.2, 0.25) is 0 Å². The molecule has 0 heterocycles. The number of carbonyl (C=O) groups excluding carboxylic acids is 12. The Bertz CT molecular complexity index is 1210. The summed E-state index contributed by atoms with van der Waals surface area (Å²) in [6.45, 7) is 16.5. The first-order valence-corrected chi connectivity index (χ1v) is 18.7. The summed E-state index contributed by atoms with van der Waals surface area (Å²) < 4.78 is 0. The van der Waals surface area contributed by atoms with E-state index in [1.165, 1.54) is 83.1 Å². The third kappa shape index (κ3) is 11.1. The standard InChI is InChI=1S/C42H60O12/c1-37(2)25(43)13-15-27(45)38(3,4)29(47)17-19-31(49)40(7,8)33(51)21-23-35(53)42(11,12)36(54)24-22-34(52)41(9,10)32(50)20-18-30(48)39(5,6)28(46)16-14-26(37)44/h13-24H2,1-12H3. The Hall–Kier alpha value is -3.96. The van der Waals surface area contributed by atoms with Gasteiger partial charge in [-0.2, -0.15) is 0 Å². The molecule has 12 nitrogen and oxygen atoms in total. The van der Waals surface area contributed by atoms with E-state index in [-0.39, 0.29) is 77.0 Å². The van der Waals surface area contributed by atoms with Crippen LogP contribution in [0.5, 0.6) is 0 Å². The number of rotatable bonds is 0. The third-order valence-electron chi connectivity index (χ3n) is 11.8. The summed E-state index contributed by atoms with van der Waals surface area (Å²) in [5, 5.41) is 0. The molecule has 0 aromatic carbocycles. The Morgan fingerprint density at radius 1 is 0.185 bits per heavy atom. The second kappa shape index (κ2) is 17.7. The molecule has 0 aromatic heterocycles. The lowest BCUT2D eigenvalue weighted by Gasteiger charge is -2.27. The van der Waals surface area contributed by atoms with Crippen molar-refractivity contribution in [1.82, 2.24) is 0 Å². The lowest BCUT2D eigenvalue weighted by atomic mass is 9.73. The molecule has 0 unspecified atom stereocenters. The van der Waals surface area contributed by atoms with Gasteiger partial charge in [0.25, 0.3) is 0 Å². The molecule has 0 amide bonds. The molecule has 300 valence electrons. The molecule has 0 saturated heterocycles. The number of carbonyl (C=O) groups is 12. The Kier molecular flexibility index (Phi) is 15.7. The van der Waals surface area contributed by atoms with Gasteiger partial charge in [-0.3, -0.25) is 57.5 Å². The SMILES string of the molecule is CC1(C)C(=O)CCC(=O)C(C)(C)C(=O)CCC(=O)C(C)(C)C(=O)CCC(=O)C(C)(C)C(=O)CCC(=O)C(C)(C)C(=O)CCC(=O)C(C)(C)C(=O)CCC1=O. The van der Waals surface area contributed by atoms with Crippen LogP contribution in [0.25, 0.3) is 0 Å². The summed E-state index contributed by atoms with van der Waals surface area (Å²) >= 11 is 0. The molecule has 1 aliphatic carbocycles. The zero-order chi connectivity index (χ0) is 42.4. The second-order valence-electron chi connectivity index (χ2n) is 17.8. The predicted octanol–water partition coefficient (Wildman–Crippen LogP) is 5.67. The van der Waals surface area contributed by atoms with E-state index in [9.17, 15) is 57.5 Å². The van der Waals surface area contributed by atoms with Crippen LogP contribution in [0.15, 0.2) is 0 Å². The summed E-state index contributed by atoms with van der Waals surface area (Å²) in [7, 11) is 0. The fourth-order valence-corrected chi connectivity index (χ4v) is 6.05. The highest BCUT2D eigenvalue weighted by Gasteiger charge is 2.44. The Labute approximate surface area is 319 Å². The number of ketones is 12. The highest BCUT2D eigenvalue weighted by molar-refractivity contribution is 6.14. The van der Waals surface area contributed by atoms with Gasteiger partial charge >= 0.3 is 0 Å². The van der Waals surface area contributed by atoms with Crippen LogP contribution >= 0.6 is 0 Å². The van der Waals surface area contributed by atoms with Gasteiger partial charge in [0.15, 0.2) is 0 Å². The van der Waals surface area contributed by atoms with Gasteiger partial charge in [-0.05, 0) is 83.1 Å². The minimum absolute atomic E-state index is 0.360. The molecule has 1 rings (SSSR count). The van der Waals surface area contributed by atoms with Gasteiger partial charge in [-0.15, -0.1) is 0 Å². The van der Waals surface area contributed by atoms with Gasteiger partial charge in [0.05, 0.1) is 32.5 Å². The molecule has 0 radical (unpaired) electrons. The van der Waals surface area contributed by atoms with E-state index >= 15 is 0 Å². The largest absolute Gasteiger partial charge is 0.299 e. The zero-order valence-corrected chi connectivity index (χ0v) is 34.4. The van der Waals surface area contributed by atoms with Crippen molar-refractivity contribution in [3.05, 3.63) is 0 Å². The molecule has 0 aliphatic heterocycles. The minimum atomic E-state index is -1.58. The molecule has 54 heavy (non-hydrogen) atoms. The summed E-state index contributed by atoms with van der Waals surface area (Å²) in [5.41, 5.74) is -9.48. The first-order chi connectivity index (χ1) is 24.3. The van der Waals surface area contributed by atoms with Crippen molar-refractivity contribution < 1.29 is 57.5 Å². The van der Waals surface area contributed by atoms with Crippen molar-refractivity contribution in [1.29, 1.82) is 0 Å². The number of hydrogen-bond donors (Lipinski definition) is 0. The van der Waals surface area contributed by atoms with Crippen molar-refractivity contribution in [3.8, 4) is 0 Å². The zero-order valence-electron chi connectivity index (χ0n) is 34.4. The Morgan fingerprint density at radius 3 is 0.296 bits per heavy atom. The van der Waals surface area contributed by atoms with Crippen molar-refractivity contribution in [3.63, 3.8) is 0 Å².